The molecule has 0 bridgehead atoms. The first-order chi connectivity index (χ1) is 13.6. The molecular formula is C24H27NO2S. The molecule has 0 amide bonds. The number of allylic oxidation sites excluding steroid dienone is 5. The van der Waals surface area contributed by atoms with Crippen molar-refractivity contribution in [1.29, 1.82) is 0 Å². The maximum absolute atomic E-state index is 11.9. The van der Waals surface area contributed by atoms with Crippen molar-refractivity contribution in [3.8, 4) is 0 Å². The lowest BCUT2D eigenvalue weighted by molar-refractivity contribution is -0.114. The number of likely N-dealkylation sites (N-methyl/N-ethyl adjacent to an activating group) is 1. The van der Waals surface area contributed by atoms with Gasteiger partial charge in [-0.15, -0.1) is 11.8 Å². The topological polar surface area (TPSA) is 29.5 Å². The number of carbonyl (C=O) groups excluding carboxylic acids is 1. The van der Waals surface area contributed by atoms with Crippen LogP contribution in [-0.2, 0) is 9.53 Å². The van der Waals surface area contributed by atoms with Gasteiger partial charge in [0.1, 0.15) is 17.6 Å². The van der Waals surface area contributed by atoms with Crippen molar-refractivity contribution < 1.29 is 9.53 Å². The first-order valence-corrected chi connectivity index (χ1v) is 10.9. The summed E-state index contributed by atoms with van der Waals surface area (Å²) in [5.41, 5.74) is 3.19. The van der Waals surface area contributed by atoms with Crippen LogP contribution in [0.3, 0.4) is 0 Å². The first-order valence-electron chi connectivity index (χ1n) is 9.63. The molecule has 0 spiro atoms. The van der Waals surface area contributed by atoms with Crippen molar-refractivity contribution >= 4 is 23.1 Å². The van der Waals surface area contributed by atoms with Crippen LogP contribution in [0.2, 0.25) is 0 Å². The van der Waals surface area contributed by atoms with Gasteiger partial charge in [0.2, 0.25) is 0 Å². The first kappa shape index (κ1) is 20.3. The van der Waals surface area contributed by atoms with Gasteiger partial charge in [-0.1, -0.05) is 25.1 Å². The van der Waals surface area contributed by atoms with Crippen LogP contribution in [-0.4, -0.2) is 30.0 Å². The molecule has 0 saturated carbocycles. The number of thioether (sulfide) groups is 1. The number of ether oxygens (including phenoxy) is 1. The number of benzene rings is 1. The van der Waals surface area contributed by atoms with Gasteiger partial charge in [0, 0.05) is 35.7 Å². The average Bonchev–Trinajstić information content (AvgIpc) is 3.15. The molecule has 4 heteroatoms. The van der Waals surface area contributed by atoms with Gasteiger partial charge in [-0.25, -0.2) is 0 Å². The Morgan fingerprint density at radius 2 is 2.14 bits per heavy atom. The third kappa shape index (κ3) is 4.33. The summed E-state index contributed by atoms with van der Waals surface area (Å²) in [6.07, 6.45) is 15.4. The van der Waals surface area contributed by atoms with Gasteiger partial charge >= 0.3 is 0 Å². The fourth-order valence-electron chi connectivity index (χ4n) is 3.33. The van der Waals surface area contributed by atoms with Crippen LogP contribution in [0.4, 0.5) is 0 Å². The lowest BCUT2D eigenvalue weighted by atomic mass is 9.98. The molecule has 2 aliphatic heterocycles. The van der Waals surface area contributed by atoms with E-state index in [2.05, 4.69) is 60.8 Å². The molecule has 0 fully saturated rings. The molecule has 2 heterocycles. The third-order valence-electron chi connectivity index (χ3n) is 4.90. The molecule has 1 atom stereocenters. The molecule has 0 N–H and O–H groups in total. The highest BCUT2D eigenvalue weighted by atomic mass is 32.2. The predicted octanol–water partition coefficient (Wildman–Crippen LogP) is 5.73. The summed E-state index contributed by atoms with van der Waals surface area (Å²) < 4.78 is 6.33. The predicted molar refractivity (Wildman–Crippen MR) is 118 cm³/mol. The number of fused-ring (bicyclic) bond motifs is 1. The Balaban J connectivity index is 1.91. The van der Waals surface area contributed by atoms with E-state index in [0.29, 0.717) is 6.42 Å². The van der Waals surface area contributed by atoms with Crippen LogP contribution in [0.1, 0.15) is 32.3 Å². The highest BCUT2D eigenvalue weighted by Gasteiger charge is 2.32. The molecule has 0 saturated heterocycles. The van der Waals surface area contributed by atoms with E-state index in [-0.39, 0.29) is 11.8 Å². The largest absolute Gasteiger partial charge is 0.458 e. The minimum absolute atomic E-state index is 0.0580. The Bertz CT molecular complexity index is 905. The van der Waals surface area contributed by atoms with Gasteiger partial charge in [-0.2, -0.15) is 0 Å². The molecule has 0 radical (unpaired) electrons. The Labute approximate surface area is 172 Å². The van der Waals surface area contributed by atoms with Crippen LogP contribution in [0, 0.1) is 0 Å². The second-order valence-electron chi connectivity index (χ2n) is 6.86. The van der Waals surface area contributed by atoms with E-state index >= 15 is 0 Å². The van der Waals surface area contributed by atoms with E-state index in [9.17, 15) is 4.79 Å². The van der Waals surface area contributed by atoms with Crippen molar-refractivity contribution in [2.75, 3.05) is 13.3 Å². The number of rotatable bonds is 7. The van der Waals surface area contributed by atoms with Crippen molar-refractivity contribution in [3.63, 3.8) is 0 Å². The Morgan fingerprint density at radius 3 is 2.86 bits per heavy atom. The fraction of sp³-hybridized carbons (Fsp3) is 0.292. The van der Waals surface area contributed by atoms with E-state index in [1.54, 1.807) is 17.8 Å². The molecule has 3 rings (SSSR count). The lowest BCUT2D eigenvalue weighted by Gasteiger charge is -2.27. The maximum atomic E-state index is 11.9. The molecule has 3 nitrogen and oxygen atoms in total. The van der Waals surface area contributed by atoms with Crippen molar-refractivity contribution in [3.05, 3.63) is 83.5 Å². The zero-order valence-electron chi connectivity index (χ0n) is 16.9. The smallest absolute Gasteiger partial charge is 0.155 e. The molecule has 1 aromatic rings. The van der Waals surface area contributed by atoms with Crippen LogP contribution in [0.15, 0.2) is 82.8 Å². The number of hydrogen-bond acceptors (Lipinski definition) is 4. The Kier molecular flexibility index (Phi) is 6.63. The van der Waals surface area contributed by atoms with E-state index in [0.717, 1.165) is 34.6 Å². The standard InChI is InChI=1S/C24H27NO2S/c1-5-8-19(26)12-11-17(6-2)23-16-22-24(27-23)21(13-14-25(22)3)18-9-7-10-20(15-18)28-4/h6-7,9-16,22H,5,8H2,1-4H3/b12-11-,17-6+. The second-order valence-corrected chi connectivity index (χ2v) is 7.74. The number of hydrogen-bond donors (Lipinski definition) is 0. The van der Waals surface area contributed by atoms with Crippen molar-refractivity contribution in [2.24, 2.45) is 0 Å². The average molecular weight is 394 g/mol. The van der Waals surface area contributed by atoms with Gasteiger partial charge in [0.15, 0.2) is 5.78 Å². The number of ketones is 1. The summed E-state index contributed by atoms with van der Waals surface area (Å²) in [7, 11) is 2.05. The van der Waals surface area contributed by atoms with E-state index in [1.165, 1.54) is 4.90 Å². The SMILES string of the molecule is C/C=C(\C=C/C(=O)CCC)C1=CC2C(=C(c3cccc(SC)c3)C=CN2C)O1. The minimum atomic E-state index is 0.0580. The highest BCUT2D eigenvalue weighted by Crippen LogP contribution is 2.38. The summed E-state index contributed by atoms with van der Waals surface area (Å²) >= 11 is 1.73. The van der Waals surface area contributed by atoms with Gasteiger partial charge in [0.05, 0.1) is 0 Å². The van der Waals surface area contributed by atoms with E-state index in [1.807, 2.05) is 26.0 Å². The van der Waals surface area contributed by atoms with Gasteiger partial charge in [-0.3, -0.25) is 4.79 Å². The molecule has 2 aliphatic rings. The molecule has 0 aliphatic carbocycles. The highest BCUT2D eigenvalue weighted by molar-refractivity contribution is 7.98. The molecule has 146 valence electrons. The van der Waals surface area contributed by atoms with Crippen molar-refractivity contribution in [2.45, 2.75) is 37.6 Å². The quantitative estimate of drug-likeness (QED) is 0.336. The molecular weight excluding hydrogens is 366 g/mol. The molecule has 1 aromatic carbocycles. The second kappa shape index (κ2) is 9.16. The third-order valence-corrected chi connectivity index (χ3v) is 5.63. The van der Waals surface area contributed by atoms with Gasteiger partial charge in [-0.05, 0) is 61.6 Å². The summed E-state index contributed by atoms with van der Waals surface area (Å²) in [6, 6.07) is 8.57. The Morgan fingerprint density at radius 1 is 1.32 bits per heavy atom. The summed E-state index contributed by atoms with van der Waals surface area (Å²) in [6.45, 7) is 3.98. The molecule has 0 aromatic heterocycles. The molecule has 28 heavy (non-hydrogen) atoms. The van der Waals surface area contributed by atoms with Crippen LogP contribution in [0.25, 0.3) is 5.57 Å². The lowest BCUT2D eigenvalue weighted by Crippen LogP contribution is -2.28. The van der Waals surface area contributed by atoms with Crippen molar-refractivity contribution in [1.82, 2.24) is 4.90 Å². The van der Waals surface area contributed by atoms with Gasteiger partial charge < -0.3 is 9.64 Å². The maximum Gasteiger partial charge on any atom is 0.155 e. The Hall–Kier alpha value is -2.46. The van der Waals surface area contributed by atoms with E-state index < -0.39 is 0 Å². The zero-order chi connectivity index (χ0) is 20.1. The zero-order valence-corrected chi connectivity index (χ0v) is 17.8. The van der Waals surface area contributed by atoms with Crippen LogP contribution >= 0.6 is 11.8 Å². The molecule has 1 unspecified atom stereocenters. The summed E-state index contributed by atoms with van der Waals surface area (Å²) in [5, 5.41) is 0. The number of carbonyl (C=O) groups is 1. The fourth-order valence-corrected chi connectivity index (χ4v) is 3.79. The normalized spacial score (nSPS) is 19.1. The minimum Gasteiger partial charge on any atom is -0.458 e. The summed E-state index contributed by atoms with van der Waals surface area (Å²) in [4.78, 5) is 15.2. The summed E-state index contributed by atoms with van der Waals surface area (Å²) in [5.74, 6) is 1.88. The monoisotopic (exact) mass is 393 g/mol. The van der Waals surface area contributed by atoms with Gasteiger partial charge in [0.25, 0.3) is 0 Å². The van der Waals surface area contributed by atoms with E-state index in [4.69, 9.17) is 4.74 Å². The van der Waals surface area contributed by atoms with Crippen LogP contribution in [0.5, 0.6) is 0 Å². The number of nitrogens with zero attached hydrogens (tertiary/aromatic N) is 1. The van der Waals surface area contributed by atoms with Crippen LogP contribution < -0.4 is 0 Å².